The van der Waals surface area contributed by atoms with Crippen LogP contribution in [0.3, 0.4) is 0 Å². The van der Waals surface area contributed by atoms with Crippen molar-refractivity contribution in [1.29, 1.82) is 0 Å². The molecule has 1 atom stereocenters. The van der Waals surface area contributed by atoms with Gasteiger partial charge in [-0.05, 0) is 13.3 Å². The van der Waals surface area contributed by atoms with Gasteiger partial charge in [-0.3, -0.25) is 4.99 Å². The third kappa shape index (κ3) is 6.07. The highest BCUT2D eigenvalue weighted by atomic mass is 35.7. The number of nitrogens with zero attached hydrogens (tertiary/aromatic N) is 1. The first kappa shape index (κ1) is 12.9. The first-order valence-corrected chi connectivity index (χ1v) is 6.20. The molecule has 0 saturated carbocycles. The van der Waals surface area contributed by atoms with Crippen LogP contribution in [0.4, 0.5) is 4.39 Å². The van der Waals surface area contributed by atoms with Crippen molar-refractivity contribution in [3.8, 4) is 0 Å². The minimum atomic E-state index is -1.51. The highest BCUT2D eigenvalue weighted by Gasteiger charge is 2.05. The van der Waals surface area contributed by atoms with Crippen LogP contribution in [0.1, 0.15) is 20.3 Å². The van der Waals surface area contributed by atoms with E-state index >= 15 is 0 Å². The second kappa shape index (κ2) is 7.35. The minimum absolute atomic E-state index is 0.0239. The molecule has 0 aliphatic heterocycles. The van der Waals surface area contributed by atoms with Gasteiger partial charge in [0.25, 0.3) is 0 Å². The van der Waals surface area contributed by atoms with Crippen LogP contribution >= 0.6 is 10.7 Å². The van der Waals surface area contributed by atoms with Crippen molar-refractivity contribution >= 4 is 26.8 Å². The van der Waals surface area contributed by atoms with Gasteiger partial charge in [0.1, 0.15) is 11.6 Å². The SMILES string of the molecule is CC/N=C(CC)\C(F)=C/C[S+]([O-])Cl. The van der Waals surface area contributed by atoms with Crippen LogP contribution in [0.25, 0.3) is 0 Å². The lowest BCUT2D eigenvalue weighted by Crippen LogP contribution is -2.01. The average Bonchev–Trinajstić information content (AvgIpc) is 2.10. The summed E-state index contributed by atoms with van der Waals surface area (Å²) in [6, 6.07) is 0. The van der Waals surface area contributed by atoms with Gasteiger partial charge in [0, 0.05) is 12.6 Å². The molecule has 0 aromatic carbocycles. The molecule has 0 aromatic heterocycles. The lowest BCUT2D eigenvalue weighted by Gasteiger charge is -2.00. The van der Waals surface area contributed by atoms with Gasteiger partial charge in [-0.25, -0.2) is 4.39 Å². The molecule has 13 heavy (non-hydrogen) atoms. The molecule has 5 heteroatoms. The third-order valence-electron chi connectivity index (χ3n) is 1.35. The van der Waals surface area contributed by atoms with Crippen molar-refractivity contribution in [2.75, 3.05) is 12.3 Å². The molecule has 1 unspecified atom stereocenters. The Balaban J connectivity index is 4.27. The van der Waals surface area contributed by atoms with Crippen LogP contribution in [0.2, 0.25) is 0 Å². The molecule has 0 aliphatic carbocycles. The molecule has 76 valence electrons. The van der Waals surface area contributed by atoms with Crippen LogP contribution < -0.4 is 0 Å². The molecule has 0 saturated heterocycles. The first-order valence-electron chi connectivity index (χ1n) is 4.05. The molecule has 0 spiro atoms. The number of rotatable bonds is 5. The summed E-state index contributed by atoms with van der Waals surface area (Å²) in [4.78, 5) is 3.95. The van der Waals surface area contributed by atoms with E-state index in [1.54, 1.807) is 0 Å². The minimum Gasteiger partial charge on any atom is -0.599 e. The monoisotopic (exact) mass is 225 g/mol. The standard InChI is InChI=1S/C8H13ClFNOS/c1-3-8(11-4-2)7(10)5-6-13(9)12/h5H,3-4,6H2,1-2H3/b7-5+,11-8-. The Bertz CT molecular complexity index is 206. The third-order valence-corrected chi connectivity index (χ3v) is 2.16. The van der Waals surface area contributed by atoms with Gasteiger partial charge in [-0.1, -0.05) is 6.92 Å². The Hall–Kier alpha value is -0.0600. The van der Waals surface area contributed by atoms with Gasteiger partial charge in [-0.2, -0.15) is 0 Å². The average molecular weight is 226 g/mol. The molecule has 0 fully saturated rings. The van der Waals surface area contributed by atoms with Crippen LogP contribution in [0.15, 0.2) is 16.9 Å². The maximum absolute atomic E-state index is 13.2. The molecule has 0 aliphatic rings. The van der Waals surface area contributed by atoms with E-state index in [-0.39, 0.29) is 5.75 Å². The lowest BCUT2D eigenvalue weighted by molar-refractivity contribution is 0.610. The van der Waals surface area contributed by atoms with Gasteiger partial charge in [0.2, 0.25) is 0 Å². The summed E-state index contributed by atoms with van der Waals surface area (Å²) in [6.45, 7) is 4.20. The molecule has 0 rings (SSSR count). The van der Waals surface area contributed by atoms with E-state index in [0.717, 1.165) is 0 Å². The van der Waals surface area contributed by atoms with Crippen molar-refractivity contribution in [1.82, 2.24) is 0 Å². The summed E-state index contributed by atoms with van der Waals surface area (Å²) in [7, 11) is 3.66. The predicted molar refractivity (Wildman–Crippen MR) is 56.3 cm³/mol. The van der Waals surface area contributed by atoms with E-state index in [1.165, 1.54) is 6.08 Å². The molecule has 0 bridgehead atoms. The van der Waals surface area contributed by atoms with Crippen molar-refractivity contribution in [2.45, 2.75) is 20.3 Å². The molecule has 0 radical (unpaired) electrons. The zero-order valence-electron chi connectivity index (χ0n) is 7.72. The first-order chi connectivity index (χ1) is 6.11. The summed E-state index contributed by atoms with van der Waals surface area (Å²) in [5.41, 5.74) is 0.407. The fourth-order valence-electron chi connectivity index (χ4n) is 0.804. The molecule has 0 N–H and O–H groups in total. The number of aliphatic imine (C=N–C) groups is 1. The second-order valence-electron chi connectivity index (χ2n) is 2.28. The zero-order chi connectivity index (χ0) is 10.3. The predicted octanol–water partition coefficient (Wildman–Crippen LogP) is 2.61. The van der Waals surface area contributed by atoms with Gasteiger partial charge in [-0.15, -0.1) is 0 Å². The van der Waals surface area contributed by atoms with Crippen molar-refractivity contribution in [3.63, 3.8) is 0 Å². The van der Waals surface area contributed by atoms with Crippen molar-refractivity contribution < 1.29 is 8.94 Å². The van der Waals surface area contributed by atoms with Crippen molar-refractivity contribution in [3.05, 3.63) is 11.9 Å². The maximum atomic E-state index is 13.2. The Labute approximate surface area is 85.6 Å². The van der Waals surface area contributed by atoms with E-state index in [9.17, 15) is 8.94 Å². The molecule has 0 amide bonds. The van der Waals surface area contributed by atoms with Crippen LogP contribution in [-0.2, 0) is 10.4 Å². The molecular weight excluding hydrogens is 213 g/mol. The normalized spacial score (nSPS) is 16.1. The van der Waals surface area contributed by atoms with Gasteiger partial charge >= 0.3 is 0 Å². The van der Waals surface area contributed by atoms with E-state index < -0.39 is 16.2 Å². The highest BCUT2D eigenvalue weighted by molar-refractivity contribution is 8.13. The van der Waals surface area contributed by atoms with Crippen molar-refractivity contribution in [2.24, 2.45) is 4.99 Å². The molecule has 0 heterocycles. The van der Waals surface area contributed by atoms with E-state index in [4.69, 9.17) is 10.7 Å². The molecule has 2 nitrogen and oxygen atoms in total. The number of halogens is 2. The summed E-state index contributed by atoms with van der Waals surface area (Å²) in [5.74, 6) is -0.394. The zero-order valence-corrected chi connectivity index (χ0v) is 9.29. The van der Waals surface area contributed by atoms with Gasteiger partial charge in [0.15, 0.2) is 10.7 Å². The van der Waals surface area contributed by atoms with E-state index in [1.807, 2.05) is 13.8 Å². The number of hydrogen-bond acceptors (Lipinski definition) is 2. The smallest absolute Gasteiger partial charge is 0.174 e. The Kier molecular flexibility index (Phi) is 7.32. The van der Waals surface area contributed by atoms with Crippen LogP contribution in [0.5, 0.6) is 0 Å². The second-order valence-corrected chi connectivity index (χ2v) is 4.23. The van der Waals surface area contributed by atoms with Gasteiger partial charge < -0.3 is 4.55 Å². The Morgan fingerprint density at radius 1 is 1.62 bits per heavy atom. The summed E-state index contributed by atoms with van der Waals surface area (Å²) in [5, 5.41) is 0. The molecular formula is C8H13ClFNOS. The topological polar surface area (TPSA) is 35.4 Å². The van der Waals surface area contributed by atoms with E-state index in [0.29, 0.717) is 18.7 Å². The van der Waals surface area contributed by atoms with Crippen LogP contribution in [0, 0.1) is 0 Å². The maximum Gasteiger partial charge on any atom is 0.174 e. The Morgan fingerprint density at radius 2 is 2.23 bits per heavy atom. The van der Waals surface area contributed by atoms with E-state index in [2.05, 4.69) is 4.99 Å². The molecule has 0 aromatic rings. The largest absolute Gasteiger partial charge is 0.599 e. The quantitative estimate of drug-likeness (QED) is 0.523. The summed E-state index contributed by atoms with van der Waals surface area (Å²) in [6.07, 6.45) is 1.74. The highest BCUT2D eigenvalue weighted by Crippen LogP contribution is 2.07. The summed E-state index contributed by atoms with van der Waals surface area (Å²) < 4.78 is 23.6. The van der Waals surface area contributed by atoms with Gasteiger partial charge in [0.05, 0.1) is 16.1 Å². The Morgan fingerprint density at radius 3 is 2.62 bits per heavy atom. The van der Waals surface area contributed by atoms with Crippen LogP contribution in [-0.4, -0.2) is 22.6 Å². The number of allylic oxidation sites excluding steroid dienone is 1. The lowest BCUT2D eigenvalue weighted by atomic mass is 10.2. The number of hydrogen-bond donors (Lipinski definition) is 0. The summed E-state index contributed by atoms with van der Waals surface area (Å²) >= 11 is 0. The fourth-order valence-corrected chi connectivity index (χ4v) is 1.27. The fraction of sp³-hybridized carbons (Fsp3) is 0.625.